The molecule has 1 saturated carbocycles. The normalized spacial score (nSPS) is 15.6. The highest BCUT2D eigenvalue weighted by Crippen LogP contribution is 2.22. The molecule has 2 aromatic heterocycles. The number of guanidine groups is 1. The molecule has 3 rings (SSSR count). The van der Waals surface area contributed by atoms with E-state index in [1.165, 1.54) is 24.1 Å². The summed E-state index contributed by atoms with van der Waals surface area (Å²) in [6.45, 7) is 5.46. The van der Waals surface area contributed by atoms with Crippen molar-refractivity contribution >= 4 is 17.3 Å². The van der Waals surface area contributed by atoms with E-state index in [9.17, 15) is 0 Å². The summed E-state index contributed by atoms with van der Waals surface area (Å²) in [5, 5.41) is 7.76. The first-order chi connectivity index (χ1) is 13.1. The third-order valence-corrected chi connectivity index (χ3v) is 5.81. The van der Waals surface area contributed by atoms with Gasteiger partial charge in [-0.2, -0.15) is 0 Å². The van der Waals surface area contributed by atoms with E-state index in [-0.39, 0.29) is 0 Å². The van der Waals surface area contributed by atoms with Gasteiger partial charge in [0.15, 0.2) is 5.96 Å². The van der Waals surface area contributed by atoms with Crippen LogP contribution in [0.2, 0.25) is 0 Å². The van der Waals surface area contributed by atoms with Gasteiger partial charge in [-0.1, -0.05) is 12.5 Å². The van der Waals surface area contributed by atoms with E-state index >= 15 is 0 Å². The first kappa shape index (κ1) is 19.6. The summed E-state index contributed by atoms with van der Waals surface area (Å²) in [7, 11) is 1.78. The Labute approximate surface area is 165 Å². The largest absolute Gasteiger partial charge is 0.474 e. The van der Waals surface area contributed by atoms with Gasteiger partial charge in [-0.05, 0) is 45.1 Å². The number of aromatic nitrogens is 2. The van der Waals surface area contributed by atoms with Crippen molar-refractivity contribution in [3.05, 3.63) is 39.5 Å². The lowest BCUT2D eigenvalue weighted by Gasteiger charge is -2.22. The highest BCUT2D eigenvalue weighted by molar-refractivity contribution is 7.11. The molecular formula is C20H29N5OS. The third kappa shape index (κ3) is 5.92. The molecule has 1 aliphatic carbocycles. The minimum absolute atomic E-state index is 0.331. The predicted molar refractivity (Wildman–Crippen MR) is 110 cm³/mol. The van der Waals surface area contributed by atoms with Gasteiger partial charge in [0.1, 0.15) is 6.10 Å². The number of hydrogen-bond acceptors (Lipinski definition) is 5. The van der Waals surface area contributed by atoms with Crippen molar-refractivity contribution in [2.75, 3.05) is 7.05 Å². The van der Waals surface area contributed by atoms with E-state index in [0.717, 1.165) is 47.5 Å². The van der Waals surface area contributed by atoms with Gasteiger partial charge in [0.25, 0.3) is 0 Å². The summed E-state index contributed by atoms with van der Waals surface area (Å²) in [6, 6.07) is 4.02. The average Bonchev–Trinajstić information content (AvgIpc) is 3.01. The number of pyridine rings is 1. The average molecular weight is 388 g/mol. The van der Waals surface area contributed by atoms with E-state index in [1.54, 1.807) is 18.4 Å². The molecule has 0 saturated heterocycles. The molecule has 1 aliphatic rings. The van der Waals surface area contributed by atoms with Crippen LogP contribution < -0.4 is 15.4 Å². The monoisotopic (exact) mass is 387 g/mol. The van der Waals surface area contributed by atoms with Crippen molar-refractivity contribution < 1.29 is 4.74 Å². The Balaban J connectivity index is 1.45. The summed E-state index contributed by atoms with van der Waals surface area (Å²) in [5.41, 5.74) is 2.18. The van der Waals surface area contributed by atoms with Crippen molar-refractivity contribution in [1.29, 1.82) is 0 Å². The summed E-state index contributed by atoms with van der Waals surface area (Å²) >= 11 is 1.72. The maximum Gasteiger partial charge on any atom is 0.213 e. The van der Waals surface area contributed by atoms with Crippen LogP contribution in [0.5, 0.6) is 5.88 Å². The number of nitrogens with zero attached hydrogens (tertiary/aromatic N) is 3. The zero-order valence-corrected chi connectivity index (χ0v) is 17.2. The van der Waals surface area contributed by atoms with Crippen LogP contribution in [-0.4, -0.2) is 29.1 Å². The molecule has 2 aromatic rings. The van der Waals surface area contributed by atoms with Crippen LogP contribution in [0.1, 0.15) is 53.2 Å². The van der Waals surface area contributed by atoms with Gasteiger partial charge in [-0.15, -0.1) is 11.3 Å². The molecule has 0 bridgehead atoms. The van der Waals surface area contributed by atoms with Crippen LogP contribution in [0.25, 0.3) is 0 Å². The molecule has 0 amide bonds. The summed E-state index contributed by atoms with van der Waals surface area (Å²) in [6.07, 6.45) is 8.35. The molecule has 2 heterocycles. The fourth-order valence-electron chi connectivity index (χ4n) is 3.25. The fourth-order valence-corrected chi connectivity index (χ4v) is 4.12. The van der Waals surface area contributed by atoms with Gasteiger partial charge in [-0.3, -0.25) is 4.99 Å². The molecule has 2 N–H and O–H groups in total. The molecule has 146 valence electrons. The Hall–Kier alpha value is -2.15. The highest BCUT2D eigenvalue weighted by atomic mass is 32.1. The second-order valence-electron chi connectivity index (χ2n) is 6.90. The summed E-state index contributed by atoms with van der Waals surface area (Å²) in [5.74, 6) is 1.49. The Kier molecular flexibility index (Phi) is 7.04. The van der Waals surface area contributed by atoms with Gasteiger partial charge in [-0.25, -0.2) is 9.97 Å². The maximum atomic E-state index is 5.99. The first-order valence-electron chi connectivity index (χ1n) is 9.63. The topological polar surface area (TPSA) is 71.4 Å². The predicted octanol–water partition coefficient (Wildman–Crippen LogP) is 3.73. The quantitative estimate of drug-likeness (QED) is 0.584. The van der Waals surface area contributed by atoms with E-state index < -0.39 is 0 Å². The lowest BCUT2D eigenvalue weighted by atomic mass is 9.98. The van der Waals surface area contributed by atoms with Gasteiger partial charge >= 0.3 is 0 Å². The molecule has 0 atom stereocenters. The summed E-state index contributed by atoms with van der Waals surface area (Å²) in [4.78, 5) is 14.4. The summed E-state index contributed by atoms with van der Waals surface area (Å²) < 4.78 is 5.99. The van der Waals surface area contributed by atoms with Crippen LogP contribution >= 0.6 is 11.3 Å². The molecule has 0 aliphatic heterocycles. The van der Waals surface area contributed by atoms with E-state index in [4.69, 9.17) is 4.74 Å². The Morgan fingerprint density at radius 1 is 1.19 bits per heavy atom. The fraction of sp³-hybridized carbons (Fsp3) is 0.550. The molecule has 6 nitrogen and oxygen atoms in total. The lowest BCUT2D eigenvalue weighted by molar-refractivity contribution is 0.148. The second-order valence-corrected chi connectivity index (χ2v) is 8.19. The number of thiazole rings is 1. The van der Waals surface area contributed by atoms with Crippen molar-refractivity contribution in [3.63, 3.8) is 0 Å². The number of rotatable bonds is 6. The Morgan fingerprint density at radius 3 is 2.59 bits per heavy atom. The van der Waals surface area contributed by atoms with Crippen LogP contribution in [0.4, 0.5) is 0 Å². The third-order valence-electron chi connectivity index (χ3n) is 4.74. The highest BCUT2D eigenvalue weighted by Gasteiger charge is 2.15. The molecule has 1 fully saturated rings. The number of hydrogen-bond donors (Lipinski definition) is 2. The minimum Gasteiger partial charge on any atom is -0.474 e. The second kappa shape index (κ2) is 9.69. The lowest BCUT2D eigenvalue weighted by Crippen LogP contribution is -2.36. The zero-order valence-electron chi connectivity index (χ0n) is 16.4. The maximum absolute atomic E-state index is 5.99. The molecule has 0 spiro atoms. The number of nitrogens with one attached hydrogen (secondary N) is 2. The first-order valence-corrected chi connectivity index (χ1v) is 10.4. The minimum atomic E-state index is 0.331. The molecule has 0 radical (unpaired) electrons. The van der Waals surface area contributed by atoms with Crippen molar-refractivity contribution in [1.82, 2.24) is 20.6 Å². The van der Waals surface area contributed by atoms with Gasteiger partial charge < -0.3 is 15.4 Å². The van der Waals surface area contributed by atoms with Gasteiger partial charge in [0.05, 0.1) is 17.2 Å². The van der Waals surface area contributed by atoms with E-state index in [2.05, 4.69) is 31.7 Å². The number of ether oxygens (including phenoxy) is 1. The van der Waals surface area contributed by atoms with Crippen LogP contribution in [-0.2, 0) is 13.1 Å². The van der Waals surface area contributed by atoms with Gasteiger partial charge in [0.2, 0.25) is 5.88 Å². The van der Waals surface area contributed by atoms with Crippen molar-refractivity contribution in [2.45, 2.75) is 65.1 Å². The van der Waals surface area contributed by atoms with Crippen molar-refractivity contribution in [2.24, 2.45) is 4.99 Å². The van der Waals surface area contributed by atoms with Crippen molar-refractivity contribution in [3.8, 4) is 5.88 Å². The van der Waals surface area contributed by atoms with Gasteiger partial charge in [0, 0.05) is 30.7 Å². The number of aliphatic imine (C=N–C) groups is 1. The number of aryl methyl sites for hydroxylation is 2. The van der Waals surface area contributed by atoms with E-state index in [0.29, 0.717) is 12.6 Å². The van der Waals surface area contributed by atoms with E-state index in [1.807, 2.05) is 26.1 Å². The Morgan fingerprint density at radius 2 is 1.96 bits per heavy atom. The molecular weight excluding hydrogens is 358 g/mol. The van der Waals surface area contributed by atoms with Crippen LogP contribution in [0.3, 0.4) is 0 Å². The SMILES string of the molecule is CN=C(NCc1ccc(OC2CCCCC2)nc1)NCc1sc(C)nc1C. The molecule has 0 unspecified atom stereocenters. The molecule has 0 aromatic carbocycles. The molecule has 27 heavy (non-hydrogen) atoms. The van der Waals surface area contributed by atoms with Crippen LogP contribution in [0.15, 0.2) is 23.3 Å². The Bertz CT molecular complexity index is 750. The molecule has 7 heteroatoms. The van der Waals surface area contributed by atoms with Crippen LogP contribution in [0, 0.1) is 13.8 Å². The smallest absolute Gasteiger partial charge is 0.213 e. The standard InChI is InChI=1S/C20H29N5OS/c1-14-18(27-15(2)25-14)13-24-20(21-3)23-12-16-9-10-19(22-11-16)26-17-7-5-4-6-8-17/h9-11,17H,4-8,12-13H2,1-3H3,(H2,21,23,24). The zero-order chi connectivity index (χ0) is 19.1.